The highest BCUT2D eigenvalue weighted by Crippen LogP contribution is 2.19. The van der Waals surface area contributed by atoms with Gasteiger partial charge < -0.3 is 19.9 Å². The third-order valence-electron chi connectivity index (χ3n) is 5.20. The number of rotatable bonds is 6. The van der Waals surface area contributed by atoms with Gasteiger partial charge in [0.2, 0.25) is 11.8 Å². The maximum atomic E-state index is 12.4. The van der Waals surface area contributed by atoms with E-state index in [9.17, 15) is 14.4 Å². The van der Waals surface area contributed by atoms with Crippen LogP contribution in [0.3, 0.4) is 0 Å². The lowest BCUT2D eigenvalue weighted by Crippen LogP contribution is -2.46. The summed E-state index contributed by atoms with van der Waals surface area (Å²) in [7, 11) is 1.62. The quantitative estimate of drug-likeness (QED) is 0.811. The summed E-state index contributed by atoms with van der Waals surface area (Å²) in [4.78, 5) is 42.2. The van der Waals surface area contributed by atoms with E-state index in [0.717, 1.165) is 16.5 Å². The van der Waals surface area contributed by atoms with Crippen molar-refractivity contribution in [1.82, 2.24) is 14.8 Å². The Kier molecular flexibility index (Phi) is 5.78. The molecule has 1 saturated heterocycles. The fourth-order valence-corrected chi connectivity index (χ4v) is 3.57. The van der Waals surface area contributed by atoms with E-state index in [1.54, 1.807) is 11.9 Å². The smallest absolute Gasteiger partial charge is 0.308 e. The maximum Gasteiger partial charge on any atom is 0.308 e. The Morgan fingerprint density at radius 3 is 2.85 bits per heavy atom. The van der Waals surface area contributed by atoms with Crippen LogP contribution < -0.4 is 0 Å². The van der Waals surface area contributed by atoms with Crippen LogP contribution in [-0.4, -0.2) is 64.4 Å². The third-order valence-corrected chi connectivity index (χ3v) is 5.20. The number of amides is 2. The van der Waals surface area contributed by atoms with Gasteiger partial charge in [0.15, 0.2) is 0 Å². The van der Waals surface area contributed by atoms with Crippen molar-refractivity contribution in [2.75, 3.05) is 26.7 Å². The van der Waals surface area contributed by atoms with Crippen molar-refractivity contribution < 1.29 is 19.5 Å². The van der Waals surface area contributed by atoms with E-state index in [2.05, 4.69) is 4.98 Å². The number of hydrogen-bond acceptors (Lipinski definition) is 3. The first-order chi connectivity index (χ1) is 13.0. The van der Waals surface area contributed by atoms with Gasteiger partial charge in [-0.05, 0) is 30.9 Å². The number of piperidine rings is 1. The first-order valence-electron chi connectivity index (χ1n) is 9.25. The zero-order chi connectivity index (χ0) is 19.4. The molecule has 2 N–H and O–H groups in total. The summed E-state index contributed by atoms with van der Waals surface area (Å²) in [6.45, 7) is 0.768. The van der Waals surface area contributed by atoms with Crippen LogP contribution >= 0.6 is 0 Å². The van der Waals surface area contributed by atoms with Crippen LogP contribution in [0.1, 0.15) is 24.8 Å². The van der Waals surface area contributed by atoms with E-state index in [1.807, 2.05) is 30.5 Å². The first-order valence-corrected chi connectivity index (χ1v) is 9.25. The number of nitrogens with one attached hydrogen (secondary N) is 1. The number of likely N-dealkylation sites (tertiary alicyclic amines) is 1. The van der Waals surface area contributed by atoms with E-state index in [0.29, 0.717) is 32.2 Å². The molecule has 7 nitrogen and oxygen atoms in total. The minimum atomic E-state index is -0.865. The number of likely N-dealkylation sites (N-methyl/N-ethyl adjacent to an activating group) is 1. The first kappa shape index (κ1) is 18.9. The summed E-state index contributed by atoms with van der Waals surface area (Å²) >= 11 is 0. The van der Waals surface area contributed by atoms with E-state index in [4.69, 9.17) is 5.11 Å². The standard InChI is InChI=1S/C20H25N3O4/c1-22(13-19(25)23-10-4-5-15(12-23)20(26)27)18(24)9-8-14-11-21-17-7-3-2-6-16(14)17/h2-3,6-7,11,15,21H,4-5,8-10,12-13H2,1H3,(H,26,27). The van der Waals surface area contributed by atoms with Gasteiger partial charge in [-0.1, -0.05) is 18.2 Å². The average molecular weight is 371 g/mol. The number of fused-ring (bicyclic) bond motifs is 1. The zero-order valence-electron chi connectivity index (χ0n) is 15.5. The molecule has 2 amide bonds. The lowest BCUT2D eigenvalue weighted by molar-refractivity contribution is -0.147. The lowest BCUT2D eigenvalue weighted by Gasteiger charge is -2.32. The molecule has 1 aliphatic heterocycles. The van der Waals surface area contributed by atoms with Crippen molar-refractivity contribution in [3.63, 3.8) is 0 Å². The Labute approximate surface area is 157 Å². The monoisotopic (exact) mass is 371 g/mol. The van der Waals surface area contributed by atoms with Crippen molar-refractivity contribution in [3.8, 4) is 0 Å². The van der Waals surface area contributed by atoms with Crippen molar-refractivity contribution in [3.05, 3.63) is 36.0 Å². The molecule has 0 radical (unpaired) electrons. The summed E-state index contributed by atoms with van der Waals surface area (Å²) in [6.07, 6.45) is 4.12. The van der Waals surface area contributed by atoms with Crippen LogP contribution in [-0.2, 0) is 20.8 Å². The number of hydrogen-bond donors (Lipinski definition) is 2. The van der Waals surface area contributed by atoms with Crippen molar-refractivity contribution in [2.24, 2.45) is 5.92 Å². The fourth-order valence-electron chi connectivity index (χ4n) is 3.57. The molecule has 7 heteroatoms. The number of carbonyl (C=O) groups is 3. The van der Waals surface area contributed by atoms with Crippen LogP contribution in [0.5, 0.6) is 0 Å². The van der Waals surface area contributed by atoms with Gasteiger partial charge in [-0.3, -0.25) is 14.4 Å². The molecule has 1 aromatic carbocycles. The number of nitrogens with zero attached hydrogens (tertiary/aromatic N) is 2. The Morgan fingerprint density at radius 2 is 2.07 bits per heavy atom. The highest BCUT2D eigenvalue weighted by atomic mass is 16.4. The van der Waals surface area contributed by atoms with Gasteiger partial charge in [0.25, 0.3) is 0 Å². The minimum Gasteiger partial charge on any atom is -0.481 e. The van der Waals surface area contributed by atoms with E-state index in [-0.39, 0.29) is 24.9 Å². The molecule has 0 bridgehead atoms. The molecule has 0 aliphatic carbocycles. The van der Waals surface area contributed by atoms with Gasteiger partial charge >= 0.3 is 5.97 Å². The molecular weight excluding hydrogens is 346 g/mol. The molecule has 1 fully saturated rings. The van der Waals surface area contributed by atoms with Crippen LogP contribution in [0, 0.1) is 5.92 Å². The predicted octanol–water partition coefficient (Wildman–Crippen LogP) is 1.88. The minimum absolute atomic E-state index is 0.0148. The number of carbonyl (C=O) groups excluding carboxylic acids is 2. The summed E-state index contributed by atoms with van der Waals surface area (Å²) in [6, 6.07) is 7.94. The second-order valence-electron chi connectivity index (χ2n) is 7.13. The van der Waals surface area contributed by atoms with E-state index in [1.165, 1.54) is 4.90 Å². The number of para-hydroxylation sites is 1. The fraction of sp³-hybridized carbons (Fsp3) is 0.450. The zero-order valence-corrected chi connectivity index (χ0v) is 15.5. The van der Waals surface area contributed by atoms with Crippen molar-refractivity contribution >= 4 is 28.7 Å². The van der Waals surface area contributed by atoms with Gasteiger partial charge in [0.1, 0.15) is 0 Å². The van der Waals surface area contributed by atoms with E-state index >= 15 is 0 Å². The molecule has 27 heavy (non-hydrogen) atoms. The molecule has 1 unspecified atom stereocenters. The summed E-state index contributed by atoms with van der Waals surface area (Å²) in [5.74, 6) is -1.66. The largest absolute Gasteiger partial charge is 0.481 e. The highest BCUT2D eigenvalue weighted by molar-refractivity contribution is 5.86. The normalized spacial score (nSPS) is 17.1. The van der Waals surface area contributed by atoms with Crippen LogP contribution in [0.15, 0.2) is 30.5 Å². The number of aliphatic carboxylic acids is 1. The van der Waals surface area contributed by atoms with Gasteiger partial charge in [0.05, 0.1) is 12.5 Å². The average Bonchev–Trinajstić information content (AvgIpc) is 3.09. The number of aromatic nitrogens is 1. The molecule has 2 heterocycles. The second kappa shape index (κ2) is 8.24. The molecule has 2 aromatic rings. The molecule has 3 rings (SSSR count). The molecule has 1 atom stereocenters. The summed E-state index contributed by atoms with van der Waals surface area (Å²) in [5, 5.41) is 10.2. The van der Waals surface area contributed by atoms with Crippen LogP contribution in [0.2, 0.25) is 0 Å². The maximum absolute atomic E-state index is 12.4. The molecule has 1 aliphatic rings. The summed E-state index contributed by atoms with van der Waals surface area (Å²) < 4.78 is 0. The number of benzene rings is 1. The Bertz CT molecular complexity index is 845. The molecule has 0 saturated carbocycles. The van der Waals surface area contributed by atoms with Crippen molar-refractivity contribution in [2.45, 2.75) is 25.7 Å². The SMILES string of the molecule is CN(CC(=O)N1CCCC(C(=O)O)C1)C(=O)CCc1c[nH]c2ccccc12. The summed E-state index contributed by atoms with van der Waals surface area (Å²) in [5.41, 5.74) is 2.13. The highest BCUT2D eigenvalue weighted by Gasteiger charge is 2.28. The Balaban J connectivity index is 1.51. The lowest BCUT2D eigenvalue weighted by atomic mass is 9.98. The third kappa shape index (κ3) is 4.48. The van der Waals surface area contributed by atoms with E-state index < -0.39 is 11.9 Å². The Morgan fingerprint density at radius 1 is 1.30 bits per heavy atom. The van der Waals surface area contributed by atoms with Gasteiger partial charge in [-0.15, -0.1) is 0 Å². The second-order valence-corrected chi connectivity index (χ2v) is 7.13. The molecular formula is C20H25N3O4. The predicted molar refractivity (Wildman–Crippen MR) is 101 cm³/mol. The molecule has 0 spiro atoms. The Hall–Kier alpha value is -2.83. The van der Waals surface area contributed by atoms with Gasteiger partial charge in [-0.2, -0.15) is 0 Å². The number of carboxylic acid groups (broad SMARTS) is 1. The molecule has 1 aromatic heterocycles. The number of carboxylic acids is 1. The topological polar surface area (TPSA) is 93.7 Å². The van der Waals surface area contributed by atoms with Crippen LogP contribution in [0.4, 0.5) is 0 Å². The molecule has 144 valence electrons. The number of aryl methyl sites for hydroxylation is 1. The van der Waals surface area contributed by atoms with Crippen LogP contribution in [0.25, 0.3) is 10.9 Å². The van der Waals surface area contributed by atoms with Gasteiger partial charge in [-0.25, -0.2) is 0 Å². The van der Waals surface area contributed by atoms with Crippen molar-refractivity contribution in [1.29, 1.82) is 0 Å². The number of H-pyrrole nitrogens is 1. The number of aromatic amines is 1. The van der Waals surface area contributed by atoms with Gasteiger partial charge in [0, 0.05) is 43.7 Å².